The zero-order chi connectivity index (χ0) is 9.68. The summed E-state index contributed by atoms with van der Waals surface area (Å²) in [6, 6.07) is 0. The van der Waals surface area contributed by atoms with E-state index < -0.39 is 5.91 Å². The van der Waals surface area contributed by atoms with Crippen LogP contribution in [0.4, 0.5) is 0 Å². The zero-order valence-electron chi connectivity index (χ0n) is 6.97. The molecule has 1 aromatic rings. The SMILES string of the molecule is CCCc1nnsc1C(=O)N=[N+]=[N-]. The molecule has 0 saturated carbocycles. The number of hydrogen-bond donors (Lipinski definition) is 0. The van der Waals surface area contributed by atoms with Crippen LogP contribution < -0.4 is 0 Å². The highest BCUT2D eigenvalue weighted by atomic mass is 32.1. The lowest BCUT2D eigenvalue weighted by molar-refractivity contribution is 0.100. The third-order valence-electron chi connectivity index (χ3n) is 1.37. The summed E-state index contributed by atoms with van der Waals surface area (Å²) in [5.74, 6) is -0.596. The first-order valence-electron chi connectivity index (χ1n) is 3.70. The van der Waals surface area contributed by atoms with E-state index in [1.54, 1.807) is 0 Å². The van der Waals surface area contributed by atoms with Crippen molar-refractivity contribution in [3.8, 4) is 0 Å². The predicted molar refractivity (Wildman–Crippen MR) is 47.4 cm³/mol. The van der Waals surface area contributed by atoms with Crippen LogP contribution in [0, 0.1) is 0 Å². The zero-order valence-corrected chi connectivity index (χ0v) is 7.78. The molecule has 6 nitrogen and oxygen atoms in total. The monoisotopic (exact) mass is 197 g/mol. The Balaban J connectivity index is 2.92. The fraction of sp³-hybridized carbons (Fsp3) is 0.500. The summed E-state index contributed by atoms with van der Waals surface area (Å²) in [6.45, 7) is 1.97. The highest BCUT2D eigenvalue weighted by Gasteiger charge is 2.13. The summed E-state index contributed by atoms with van der Waals surface area (Å²) >= 11 is 0.962. The summed E-state index contributed by atoms with van der Waals surface area (Å²) in [7, 11) is 0. The van der Waals surface area contributed by atoms with E-state index in [2.05, 4.69) is 19.6 Å². The van der Waals surface area contributed by atoms with E-state index in [-0.39, 0.29) is 0 Å². The summed E-state index contributed by atoms with van der Waals surface area (Å²) < 4.78 is 3.63. The molecule has 7 heteroatoms. The van der Waals surface area contributed by atoms with Gasteiger partial charge in [-0.05, 0) is 28.6 Å². The molecule has 0 atom stereocenters. The van der Waals surface area contributed by atoms with Crippen LogP contribution in [0.25, 0.3) is 10.4 Å². The molecular weight excluding hydrogens is 190 g/mol. The largest absolute Gasteiger partial charge is 0.286 e. The van der Waals surface area contributed by atoms with Crippen LogP contribution in [0.15, 0.2) is 5.11 Å². The molecule has 0 radical (unpaired) electrons. The maximum Gasteiger partial charge on any atom is 0.262 e. The Morgan fingerprint density at radius 3 is 3.15 bits per heavy atom. The quantitative estimate of drug-likeness (QED) is 0.421. The normalized spacial score (nSPS) is 9.31. The van der Waals surface area contributed by atoms with Crippen LogP contribution in [-0.4, -0.2) is 15.5 Å². The van der Waals surface area contributed by atoms with Crippen molar-refractivity contribution in [2.24, 2.45) is 5.11 Å². The van der Waals surface area contributed by atoms with Crippen LogP contribution in [0.2, 0.25) is 0 Å². The minimum atomic E-state index is -0.596. The third kappa shape index (κ3) is 2.24. The number of nitrogens with zero attached hydrogens (tertiary/aromatic N) is 5. The van der Waals surface area contributed by atoms with Crippen molar-refractivity contribution in [2.75, 3.05) is 0 Å². The number of azide groups is 1. The molecule has 0 aliphatic heterocycles. The Kier molecular flexibility index (Phi) is 3.36. The lowest BCUT2D eigenvalue weighted by atomic mass is 10.2. The summed E-state index contributed by atoms with van der Waals surface area (Å²) in [4.78, 5) is 13.9. The van der Waals surface area contributed by atoms with Gasteiger partial charge < -0.3 is 0 Å². The number of amides is 1. The fourth-order valence-electron chi connectivity index (χ4n) is 0.857. The summed E-state index contributed by atoms with van der Waals surface area (Å²) in [5.41, 5.74) is 8.67. The van der Waals surface area contributed by atoms with E-state index >= 15 is 0 Å². The Bertz CT molecular complexity index is 354. The number of carbonyl (C=O) groups excluding carboxylic acids is 1. The lowest BCUT2D eigenvalue weighted by Gasteiger charge is -1.91. The second-order valence-corrected chi connectivity index (χ2v) is 3.05. The molecule has 1 aromatic heterocycles. The second-order valence-electron chi connectivity index (χ2n) is 2.29. The molecule has 0 aliphatic carbocycles. The molecule has 68 valence electrons. The molecule has 1 amide bonds. The maximum atomic E-state index is 11.1. The van der Waals surface area contributed by atoms with Crippen LogP contribution in [0.3, 0.4) is 0 Å². The van der Waals surface area contributed by atoms with Gasteiger partial charge in [-0.15, -0.1) is 5.10 Å². The molecule has 0 aromatic carbocycles. The summed E-state index contributed by atoms with van der Waals surface area (Å²) in [5, 5.41) is 6.76. The van der Waals surface area contributed by atoms with Crippen molar-refractivity contribution < 1.29 is 4.79 Å². The first-order valence-corrected chi connectivity index (χ1v) is 4.47. The van der Waals surface area contributed by atoms with Gasteiger partial charge in [-0.2, -0.15) is 0 Å². The molecule has 0 saturated heterocycles. The Morgan fingerprint density at radius 2 is 2.54 bits per heavy atom. The molecule has 1 rings (SSSR count). The second kappa shape index (κ2) is 4.54. The van der Waals surface area contributed by atoms with Crippen LogP contribution in [-0.2, 0) is 6.42 Å². The van der Waals surface area contributed by atoms with Crippen molar-refractivity contribution in [1.29, 1.82) is 0 Å². The van der Waals surface area contributed by atoms with Gasteiger partial charge in [0.15, 0.2) is 0 Å². The standard InChI is InChI=1S/C6H7N5OS/c1-2-3-4-5(13-11-8-4)6(12)9-10-7/h2-3H2,1H3. The first kappa shape index (κ1) is 9.63. The van der Waals surface area contributed by atoms with Crippen LogP contribution >= 0.6 is 11.5 Å². The smallest absolute Gasteiger partial charge is 0.262 e. The van der Waals surface area contributed by atoms with E-state index in [0.717, 1.165) is 18.0 Å². The van der Waals surface area contributed by atoms with Gasteiger partial charge >= 0.3 is 0 Å². The minimum Gasteiger partial charge on any atom is -0.286 e. The van der Waals surface area contributed by atoms with Gasteiger partial charge in [0.25, 0.3) is 5.91 Å². The number of hydrogen-bond acceptors (Lipinski definition) is 4. The molecule has 1 heterocycles. The number of aryl methyl sites for hydroxylation is 1. The van der Waals surface area contributed by atoms with E-state index in [0.29, 0.717) is 17.0 Å². The van der Waals surface area contributed by atoms with Crippen LogP contribution in [0.5, 0.6) is 0 Å². The minimum absolute atomic E-state index is 0.347. The highest BCUT2D eigenvalue weighted by Crippen LogP contribution is 2.13. The maximum absolute atomic E-state index is 11.1. The average Bonchev–Trinajstić information content (AvgIpc) is 2.54. The summed E-state index contributed by atoms with van der Waals surface area (Å²) in [6.07, 6.45) is 1.56. The van der Waals surface area contributed by atoms with Gasteiger partial charge in [0, 0.05) is 4.91 Å². The first-order chi connectivity index (χ1) is 6.29. The van der Waals surface area contributed by atoms with Crippen molar-refractivity contribution in [1.82, 2.24) is 9.59 Å². The lowest BCUT2D eigenvalue weighted by Crippen LogP contribution is -1.96. The van der Waals surface area contributed by atoms with E-state index in [1.165, 1.54) is 0 Å². The van der Waals surface area contributed by atoms with Gasteiger partial charge in [0.05, 0.1) is 5.69 Å². The molecule has 0 spiro atoms. The Labute approximate surface area is 78.4 Å². The van der Waals surface area contributed by atoms with Crippen molar-refractivity contribution in [2.45, 2.75) is 19.8 Å². The van der Waals surface area contributed by atoms with Gasteiger partial charge in [0.2, 0.25) is 0 Å². The fourth-order valence-corrected chi connectivity index (χ4v) is 1.45. The molecule has 0 unspecified atom stereocenters. The molecule has 0 bridgehead atoms. The number of rotatable bonds is 3. The van der Waals surface area contributed by atoms with Crippen molar-refractivity contribution in [3.05, 3.63) is 21.0 Å². The Morgan fingerprint density at radius 1 is 1.77 bits per heavy atom. The number of aromatic nitrogens is 2. The predicted octanol–water partition coefficient (Wildman–Crippen LogP) is 1.94. The molecule has 13 heavy (non-hydrogen) atoms. The van der Waals surface area contributed by atoms with Crippen molar-refractivity contribution in [3.63, 3.8) is 0 Å². The average molecular weight is 197 g/mol. The Hall–Kier alpha value is -1.46. The topological polar surface area (TPSA) is 91.6 Å². The number of carbonyl (C=O) groups is 1. The van der Waals surface area contributed by atoms with Gasteiger partial charge in [-0.25, -0.2) is 0 Å². The molecular formula is C6H7N5OS. The van der Waals surface area contributed by atoms with Gasteiger partial charge in [-0.1, -0.05) is 17.8 Å². The van der Waals surface area contributed by atoms with E-state index in [4.69, 9.17) is 5.53 Å². The van der Waals surface area contributed by atoms with E-state index in [1.807, 2.05) is 6.92 Å². The third-order valence-corrected chi connectivity index (χ3v) is 2.13. The van der Waals surface area contributed by atoms with E-state index in [9.17, 15) is 4.79 Å². The van der Waals surface area contributed by atoms with Crippen LogP contribution in [0.1, 0.15) is 28.7 Å². The molecule has 0 N–H and O–H groups in total. The highest BCUT2D eigenvalue weighted by molar-refractivity contribution is 7.08. The molecule has 0 fully saturated rings. The molecule has 0 aliphatic rings. The van der Waals surface area contributed by atoms with Crippen molar-refractivity contribution >= 4 is 17.4 Å². The van der Waals surface area contributed by atoms with Gasteiger partial charge in [-0.3, -0.25) is 4.79 Å². The van der Waals surface area contributed by atoms with Gasteiger partial charge in [0.1, 0.15) is 4.88 Å².